The van der Waals surface area contributed by atoms with E-state index in [1.54, 1.807) is 6.92 Å². The fourth-order valence-corrected chi connectivity index (χ4v) is 2.59. The Morgan fingerprint density at radius 1 is 1.38 bits per heavy atom. The Balaban J connectivity index is 2.28. The number of carbonyl (C=O) groups excluding carboxylic acids is 1. The zero-order valence-electron chi connectivity index (χ0n) is 11.6. The summed E-state index contributed by atoms with van der Waals surface area (Å²) < 4.78 is 0. The number of carbonyl (C=O) groups is 2. The third-order valence-electron chi connectivity index (χ3n) is 3.69. The molecule has 2 rings (SSSR count). The van der Waals surface area contributed by atoms with Crippen molar-refractivity contribution < 1.29 is 19.6 Å². The Hall–Kier alpha value is -2.44. The molecular weight excluding hydrogens is 276 g/mol. The molecule has 7 heteroatoms. The highest BCUT2D eigenvalue weighted by Crippen LogP contribution is 2.23. The van der Waals surface area contributed by atoms with Crippen molar-refractivity contribution >= 4 is 17.6 Å². The van der Waals surface area contributed by atoms with E-state index in [2.05, 4.69) is 0 Å². The summed E-state index contributed by atoms with van der Waals surface area (Å²) in [7, 11) is 0. The minimum atomic E-state index is -1.01. The van der Waals surface area contributed by atoms with Crippen LogP contribution < -0.4 is 0 Å². The van der Waals surface area contributed by atoms with Gasteiger partial charge in [-0.25, -0.2) is 4.79 Å². The molecule has 1 unspecified atom stereocenters. The number of nitro groups is 1. The Morgan fingerprint density at radius 3 is 2.67 bits per heavy atom. The number of nitro benzene ring substituents is 1. The van der Waals surface area contributed by atoms with Crippen LogP contribution in [0.25, 0.3) is 0 Å². The zero-order chi connectivity index (χ0) is 15.6. The van der Waals surface area contributed by atoms with E-state index in [0.717, 1.165) is 12.8 Å². The normalized spacial score (nSPS) is 18.3. The predicted octanol–water partition coefficient (Wildman–Crippen LogP) is 1.98. The first-order valence-corrected chi connectivity index (χ1v) is 6.70. The molecule has 112 valence electrons. The molecule has 0 aliphatic carbocycles. The van der Waals surface area contributed by atoms with Gasteiger partial charge in [0.05, 0.1) is 4.92 Å². The molecule has 0 aromatic heterocycles. The van der Waals surface area contributed by atoms with Gasteiger partial charge in [0.25, 0.3) is 11.6 Å². The molecule has 0 saturated carbocycles. The third-order valence-corrected chi connectivity index (χ3v) is 3.69. The quantitative estimate of drug-likeness (QED) is 0.678. The molecule has 1 aromatic carbocycles. The molecule has 1 aliphatic rings. The molecular formula is C14H16N2O5. The molecule has 1 N–H and O–H groups in total. The molecule has 1 fully saturated rings. The van der Waals surface area contributed by atoms with Crippen LogP contribution in [0.15, 0.2) is 18.2 Å². The van der Waals surface area contributed by atoms with Crippen LogP contribution in [-0.4, -0.2) is 39.4 Å². The van der Waals surface area contributed by atoms with E-state index in [1.807, 2.05) is 0 Å². The molecule has 1 heterocycles. The fraction of sp³-hybridized carbons (Fsp3) is 0.429. The average molecular weight is 292 g/mol. The van der Waals surface area contributed by atoms with Gasteiger partial charge in [-0.15, -0.1) is 0 Å². The van der Waals surface area contributed by atoms with Gasteiger partial charge in [0, 0.05) is 23.7 Å². The van der Waals surface area contributed by atoms with Gasteiger partial charge in [-0.3, -0.25) is 14.9 Å². The van der Waals surface area contributed by atoms with E-state index in [9.17, 15) is 24.8 Å². The summed E-state index contributed by atoms with van der Waals surface area (Å²) in [6.45, 7) is 1.95. The zero-order valence-corrected chi connectivity index (χ0v) is 11.6. The van der Waals surface area contributed by atoms with Gasteiger partial charge >= 0.3 is 5.97 Å². The van der Waals surface area contributed by atoms with Crippen molar-refractivity contribution in [1.29, 1.82) is 0 Å². The lowest BCUT2D eigenvalue weighted by Gasteiger charge is -2.33. The number of rotatable bonds is 3. The molecule has 1 atom stereocenters. The van der Waals surface area contributed by atoms with Crippen molar-refractivity contribution in [3.8, 4) is 0 Å². The topological polar surface area (TPSA) is 101 Å². The molecule has 1 saturated heterocycles. The van der Waals surface area contributed by atoms with Crippen LogP contribution in [0.4, 0.5) is 5.69 Å². The summed E-state index contributed by atoms with van der Waals surface area (Å²) in [5.41, 5.74) is 0.612. The monoisotopic (exact) mass is 292 g/mol. The summed E-state index contributed by atoms with van der Waals surface area (Å²) in [5.74, 6) is -1.40. The molecule has 1 aliphatic heterocycles. The maximum Gasteiger partial charge on any atom is 0.326 e. The largest absolute Gasteiger partial charge is 0.480 e. The summed E-state index contributed by atoms with van der Waals surface area (Å²) >= 11 is 0. The van der Waals surface area contributed by atoms with Gasteiger partial charge in [0.2, 0.25) is 0 Å². The first-order valence-electron chi connectivity index (χ1n) is 6.70. The van der Waals surface area contributed by atoms with E-state index < -0.39 is 16.9 Å². The van der Waals surface area contributed by atoms with Crippen LogP contribution in [-0.2, 0) is 4.79 Å². The maximum atomic E-state index is 12.4. The van der Waals surface area contributed by atoms with E-state index in [4.69, 9.17) is 0 Å². The second kappa shape index (κ2) is 5.90. The first kappa shape index (κ1) is 15.0. The molecule has 0 spiro atoms. The summed E-state index contributed by atoms with van der Waals surface area (Å²) in [6.07, 6.45) is 1.98. The van der Waals surface area contributed by atoms with Crippen molar-refractivity contribution in [1.82, 2.24) is 4.90 Å². The minimum Gasteiger partial charge on any atom is -0.480 e. The lowest BCUT2D eigenvalue weighted by Crippen LogP contribution is -2.48. The second-order valence-corrected chi connectivity index (χ2v) is 5.11. The van der Waals surface area contributed by atoms with E-state index >= 15 is 0 Å². The number of benzene rings is 1. The van der Waals surface area contributed by atoms with Gasteiger partial charge in [0.1, 0.15) is 6.04 Å². The van der Waals surface area contributed by atoms with Crippen LogP contribution in [0.2, 0.25) is 0 Å². The molecule has 1 aromatic rings. The molecule has 7 nitrogen and oxygen atoms in total. The van der Waals surface area contributed by atoms with E-state index in [1.165, 1.54) is 23.1 Å². The number of amides is 1. The lowest BCUT2D eigenvalue weighted by molar-refractivity contribution is -0.385. The fourth-order valence-electron chi connectivity index (χ4n) is 2.59. The van der Waals surface area contributed by atoms with Crippen LogP contribution in [0.1, 0.15) is 35.2 Å². The Kier molecular flexibility index (Phi) is 4.21. The maximum absolute atomic E-state index is 12.4. The highest BCUT2D eigenvalue weighted by molar-refractivity contribution is 5.97. The van der Waals surface area contributed by atoms with Gasteiger partial charge in [-0.1, -0.05) is 0 Å². The van der Waals surface area contributed by atoms with Crippen LogP contribution in [0, 0.1) is 17.0 Å². The first-order chi connectivity index (χ1) is 9.91. The number of piperidine rings is 1. The van der Waals surface area contributed by atoms with Crippen molar-refractivity contribution in [3.63, 3.8) is 0 Å². The summed E-state index contributed by atoms with van der Waals surface area (Å²) in [6, 6.07) is 3.28. The number of likely N-dealkylation sites (tertiary alicyclic amines) is 1. The van der Waals surface area contributed by atoms with Crippen LogP contribution in [0.3, 0.4) is 0 Å². The average Bonchev–Trinajstić information content (AvgIpc) is 2.45. The summed E-state index contributed by atoms with van der Waals surface area (Å²) in [5, 5.41) is 20.0. The summed E-state index contributed by atoms with van der Waals surface area (Å²) in [4.78, 5) is 35.3. The standard InChI is InChI=1S/C14H16N2O5/c1-9-8-10(5-6-11(9)16(20)21)13(17)15-7-3-2-4-12(15)14(18)19/h5-6,8,12H,2-4,7H2,1H3,(H,18,19). The minimum absolute atomic E-state index is 0.0556. The van der Waals surface area contributed by atoms with Crippen molar-refractivity contribution in [3.05, 3.63) is 39.4 Å². The Labute approximate surface area is 121 Å². The van der Waals surface area contributed by atoms with Crippen molar-refractivity contribution in [2.45, 2.75) is 32.2 Å². The van der Waals surface area contributed by atoms with Gasteiger partial charge in [-0.2, -0.15) is 0 Å². The highest BCUT2D eigenvalue weighted by Gasteiger charge is 2.32. The predicted molar refractivity (Wildman–Crippen MR) is 74.1 cm³/mol. The van der Waals surface area contributed by atoms with Crippen molar-refractivity contribution in [2.24, 2.45) is 0 Å². The Bertz CT molecular complexity index is 599. The third kappa shape index (κ3) is 3.01. The van der Waals surface area contributed by atoms with Gasteiger partial charge < -0.3 is 10.0 Å². The molecule has 0 radical (unpaired) electrons. The molecule has 21 heavy (non-hydrogen) atoms. The highest BCUT2D eigenvalue weighted by atomic mass is 16.6. The van der Waals surface area contributed by atoms with E-state index in [-0.39, 0.29) is 17.2 Å². The molecule has 1 amide bonds. The second-order valence-electron chi connectivity index (χ2n) is 5.11. The van der Waals surface area contributed by atoms with Gasteiger partial charge in [0.15, 0.2) is 0 Å². The van der Waals surface area contributed by atoms with Crippen molar-refractivity contribution in [2.75, 3.05) is 6.54 Å². The lowest BCUT2D eigenvalue weighted by atomic mass is 10.00. The number of carboxylic acid groups (broad SMARTS) is 1. The number of hydrogen-bond donors (Lipinski definition) is 1. The molecule has 0 bridgehead atoms. The smallest absolute Gasteiger partial charge is 0.326 e. The number of aliphatic carboxylic acids is 1. The number of aryl methyl sites for hydroxylation is 1. The SMILES string of the molecule is Cc1cc(C(=O)N2CCCCC2C(=O)O)ccc1[N+](=O)[O-]. The number of hydrogen-bond acceptors (Lipinski definition) is 4. The van der Waals surface area contributed by atoms with Crippen LogP contribution in [0.5, 0.6) is 0 Å². The van der Waals surface area contributed by atoms with Crippen LogP contribution >= 0.6 is 0 Å². The van der Waals surface area contributed by atoms with E-state index in [0.29, 0.717) is 18.5 Å². The number of nitrogens with zero attached hydrogens (tertiary/aromatic N) is 2. The van der Waals surface area contributed by atoms with Gasteiger partial charge in [-0.05, 0) is 38.3 Å². The Morgan fingerprint density at radius 2 is 2.10 bits per heavy atom. The number of carboxylic acids is 1.